The van der Waals surface area contributed by atoms with Crippen LogP contribution >= 0.6 is 11.3 Å². The molecule has 1 amide bonds. The molecule has 0 spiro atoms. The van der Waals surface area contributed by atoms with E-state index in [2.05, 4.69) is 20.5 Å². The minimum absolute atomic E-state index is 0.0220. The number of pyridine rings is 1. The Labute approximate surface area is 183 Å². The lowest BCUT2D eigenvalue weighted by atomic mass is 10.0. The predicted octanol–water partition coefficient (Wildman–Crippen LogP) is 3.49. The van der Waals surface area contributed by atoms with Gasteiger partial charge in [0.2, 0.25) is 5.91 Å². The van der Waals surface area contributed by atoms with Crippen LogP contribution in [-0.2, 0) is 11.2 Å². The Morgan fingerprint density at radius 3 is 2.65 bits per heavy atom. The van der Waals surface area contributed by atoms with E-state index in [0.29, 0.717) is 25.9 Å². The Morgan fingerprint density at radius 1 is 1.19 bits per heavy atom. The first-order chi connectivity index (χ1) is 15.1. The van der Waals surface area contributed by atoms with E-state index in [9.17, 15) is 13.6 Å². The number of hydrogen-bond donors (Lipinski definition) is 1. The van der Waals surface area contributed by atoms with Crippen molar-refractivity contribution in [3.8, 4) is 10.6 Å². The molecule has 1 fully saturated rings. The van der Waals surface area contributed by atoms with Gasteiger partial charge in [-0.3, -0.25) is 9.78 Å². The second-order valence-corrected chi connectivity index (χ2v) is 9.05. The zero-order valence-corrected chi connectivity index (χ0v) is 18.2. The first-order valence-corrected chi connectivity index (χ1v) is 11.2. The summed E-state index contributed by atoms with van der Waals surface area (Å²) in [5.41, 5.74) is 1.72. The first-order valence-electron chi connectivity index (χ1n) is 10.4. The van der Waals surface area contributed by atoms with Crippen molar-refractivity contribution in [2.45, 2.75) is 38.3 Å². The molecule has 1 aromatic carbocycles. The molecule has 6 nitrogen and oxygen atoms in total. The third-order valence-electron chi connectivity index (χ3n) is 5.58. The normalized spacial score (nSPS) is 15.2. The van der Waals surface area contributed by atoms with Crippen LogP contribution < -0.4 is 5.32 Å². The summed E-state index contributed by atoms with van der Waals surface area (Å²) >= 11 is 1.54. The number of piperidine rings is 1. The Kier molecular flexibility index (Phi) is 6.82. The average molecular weight is 446 g/mol. The molecule has 1 aliphatic rings. The van der Waals surface area contributed by atoms with Gasteiger partial charge in [0.15, 0.2) is 0 Å². The summed E-state index contributed by atoms with van der Waals surface area (Å²) in [4.78, 5) is 19.0. The highest BCUT2D eigenvalue weighted by molar-refractivity contribution is 7.14. The van der Waals surface area contributed by atoms with Crippen LogP contribution in [0.3, 0.4) is 0 Å². The summed E-state index contributed by atoms with van der Waals surface area (Å²) in [6.07, 6.45) is 3.40. The molecule has 4 rings (SSSR count). The van der Waals surface area contributed by atoms with Crippen molar-refractivity contribution in [3.05, 3.63) is 41.2 Å². The second kappa shape index (κ2) is 9.74. The van der Waals surface area contributed by atoms with Gasteiger partial charge >= 0.3 is 0 Å². The molecule has 0 unspecified atom stereocenters. The molecule has 0 bridgehead atoms. The van der Waals surface area contributed by atoms with Crippen LogP contribution in [0.4, 0.5) is 8.78 Å². The zero-order valence-electron chi connectivity index (χ0n) is 17.4. The third kappa shape index (κ3) is 5.22. The van der Waals surface area contributed by atoms with E-state index in [1.807, 2.05) is 36.1 Å². The molecule has 0 atom stereocenters. The van der Waals surface area contributed by atoms with Gasteiger partial charge in [-0.2, -0.15) is 0 Å². The maximum Gasteiger partial charge on any atom is 0.228 e. The number of carbonyl (C=O) groups excluding carboxylic acids is 1. The molecule has 3 heterocycles. The molecule has 2 aromatic heterocycles. The average Bonchev–Trinajstić information content (AvgIpc) is 3.23. The fourth-order valence-electron chi connectivity index (χ4n) is 3.86. The number of likely N-dealkylation sites (tertiary alicyclic amines) is 1. The van der Waals surface area contributed by atoms with Crippen molar-refractivity contribution in [2.75, 3.05) is 26.4 Å². The molecule has 1 saturated heterocycles. The van der Waals surface area contributed by atoms with E-state index in [1.165, 1.54) is 0 Å². The van der Waals surface area contributed by atoms with Crippen LogP contribution in [0.25, 0.3) is 21.3 Å². The van der Waals surface area contributed by atoms with Gasteiger partial charge in [-0.1, -0.05) is 23.5 Å². The van der Waals surface area contributed by atoms with Gasteiger partial charge in [0, 0.05) is 36.3 Å². The monoisotopic (exact) mass is 445 g/mol. The Balaban J connectivity index is 1.39. The van der Waals surface area contributed by atoms with Crippen molar-refractivity contribution in [2.24, 2.45) is 0 Å². The molecule has 31 heavy (non-hydrogen) atoms. The van der Waals surface area contributed by atoms with Gasteiger partial charge in [-0.15, -0.1) is 10.2 Å². The van der Waals surface area contributed by atoms with Crippen molar-refractivity contribution in [3.63, 3.8) is 0 Å². The minimum Gasteiger partial charge on any atom is -0.342 e. The number of halogens is 2. The summed E-state index contributed by atoms with van der Waals surface area (Å²) < 4.78 is 25.4. The molecule has 9 heteroatoms. The summed E-state index contributed by atoms with van der Waals surface area (Å²) in [6, 6.07) is 7.30. The maximum absolute atomic E-state index is 12.8. The highest BCUT2D eigenvalue weighted by Gasteiger charge is 2.24. The number of hydrogen-bond acceptors (Lipinski definition) is 6. The minimum atomic E-state index is -0.747. The zero-order chi connectivity index (χ0) is 21.8. The van der Waals surface area contributed by atoms with Crippen molar-refractivity contribution < 1.29 is 13.6 Å². The number of rotatable bonds is 7. The summed E-state index contributed by atoms with van der Waals surface area (Å²) in [7, 11) is 0. The van der Waals surface area contributed by atoms with E-state index < -0.39 is 19.4 Å². The second-order valence-electron chi connectivity index (χ2n) is 7.87. The number of nitrogens with one attached hydrogen (secondary N) is 1. The third-order valence-corrected chi connectivity index (χ3v) is 6.46. The standard InChI is InChI=1S/C22H25F2N5OS/c1-14-27-28-22(31-14)15-2-3-16-13-25-19(9-17(16)8-15)10-21(30)29-6-4-18(5-7-29)26-20(11-23)12-24/h2-3,8-9,13,18,20,26H,4-7,10-12H2,1H3. The number of benzene rings is 1. The van der Waals surface area contributed by atoms with Crippen LogP contribution in [0, 0.1) is 6.92 Å². The maximum atomic E-state index is 12.8. The Morgan fingerprint density at radius 2 is 1.97 bits per heavy atom. The number of fused-ring (bicyclic) bond motifs is 1. The molecule has 1 aliphatic heterocycles. The number of alkyl halides is 2. The van der Waals surface area contributed by atoms with Crippen molar-refractivity contribution in [1.82, 2.24) is 25.4 Å². The molecular weight excluding hydrogens is 420 g/mol. The van der Waals surface area contributed by atoms with Crippen LogP contribution in [0.5, 0.6) is 0 Å². The first kappa shape index (κ1) is 21.7. The van der Waals surface area contributed by atoms with Crippen molar-refractivity contribution in [1.29, 1.82) is 0 Å². The lowest BCUT2D eigenvalue weighted by molar-refractivity contribution is -0.131. The summed E-state index contributed by atoms with van der Waals surface area (Å²) in [6.45, 7) is 1.65. The number of amides is 1. The van der Waals surface area contributed by atoms with Gasteiger partial charge < -0.3 is 10.2 Å². The quantitative estimate of drug-likeness (QED) is 0.603. The van der Waals surface area contributed by atoms with Gasteiger partial charge in [0.05, 0.1) is 18.2 Å². The largest absolute Gasteiger partial charge is 0.342 e. The Bertz CT molecular complexity index is 1050. The number of carbonyl (C=O) groups is 1. The van der Waals surface area contributed by atoms with E-state index in [-0.39, 0.29) is 18.4 Å². The SMILES string of the molecule is Cc1nnc(-c2ccc3cnc(CC(=O)N4CCC(NC(CF)CF)CC4)cc3c2)s1. The van der Waals surface area contributed by atoms with Crippen LogP contribution in [0.2, 0.25) is 0 Å². The molecule has 0 aliphatic carbocycles. The summed E-state index contributed by atoms with van der Waals surface area (Å²) in [5.74, 6) is 0.0220. The molecule has 3 aromatic rings. The number of aromatic nitrogens is 3. The molecule has 0 saturated carbocycles. The van der Waals surface area contributed by atoms with E-state index in [4.69, 9.17) is 0 Å². The van der Waals surface area contributed by atoms with E-state index in [0.717, 1.165) is 32.0 Å². The lowest BCUT2D eigenvalue weighted by Crippen LogP contribution is -2.49. The molecule has 1 N–H and O–H groups in total. The Hall–Kier alpha value is -2.52. The van der Waals surface area contributed by atoms with Gasteiger partial charge in [0.25, 0.3) is 0 Å². The van der Waals surface area contributed by atoms with Crippen LogP contribution in [0.1, 0.15) is 23.5 Å². The van der Waals surface area contributed by atoms with E-state index >= 15 is 0 Å². The highest BCUT2D eigenvalue weighted by atomic mass is 32.1. The number of aryl methyl sites for hydroxylation is 1. The smallest absolute Gasteiger partial charge is 0.228 e. The fourth-order valence-corrected chi connectivity index (χ4v) is 4.54. The predicted molar refractivity (Wildman–Crippen MR) is 118 cm³/mol. The molecule has 0 radical (unpaired) electrons. The highest BCUT2D eigenvalue weighted by Crippen LogP contribution is 2.27. The fraction of sp³-hybridized carbons (Fsp3) is 0.455. The van der Waals surface area contributed by atoms with Crippen LogP contribution in [0.15, 0.2) is 30.5 Å². The topological polar surface area (TPSA) is 71.0 Å². The number of nitrogens with zero attached hydrogens (tertiary/aromatic N) is 4. The molecule has 164 valence electrons. The van der Waals surface area contributed by atoms with Crippen LogP contribution in [-0.4, -0.2) is 64.5 Å². The summed E-state index contributed by atoms with van der Waals surface area (Å²) in [5, 5.41) is 15.1. The van der Waals surface area contributed by atoms with Crippen molar-refractivity contribution >= 4 is 28.0 Å². The van der Waals surface area contributed by atoms with Gasteiger partial charge in [0.1, 0.15) is 23.4 Å². The van der Waals surface area contributed by atoms with E-state index in [1.54, 1.807) is 17.5 Å². The van der Waals surface area contributed by atoms with Gasteiger partial charge in [-0.25, -0.2) is 8.78 Å². The van der Waals surface area contributed by atoms with Gasteiger partial charge in [-0.05, 0) is 37.3 Å². The lowest BCUT2D eigenvalue weighted by Gasteiger charge is -2.33. The molecular formula is C22H25F2N5OS.